The first-order valence-electron chi connectivity index (χ1n) is 7.81. The van der Waals surface area contributed by atoms with Gasteiger partial charge in [0.2, 0.25) is 5.84 Å². The predicted molar refractivity (Wildman–Crippen MR) is 83.1 cm³/mol. The Morgan fingerprint density at radius 3 is 2.86 bits per heavy atom. The fourth-order valence-corrected chi connectivity index (χ4v) is 2.63. The Balaban J connectivity index is 2.42. The highest BCUT2D eigenvalue weighted by Crippen LogP contribution is 2.20. The van der Waals surface area contributed by atoms with Gasteiger partial charge < -0.3 is 15.6 Å². The third-order valence-electron chi connectivity index (χ3n) is 3.70. The van der Waals surface area contributed by atoms with Crippen LogP contribution in [0.3, 0.4) is 0 Å². The van der Waals surface area contributed by atoms with Crippen LogP contribution in [-0.2, 0) is 4.79 Å². The Morgan fingerprint density at radius 2 is 2.19 bits per heavy atom. The highest BCUT2D eigenvalue weighted by atomic mass is 16.4. The predicted octanol–water partition coefficient (Wildman–Crippen LogP) is 1.31. The zero-order valence-electron chi connectivity index (χ0n) is 13.0. The van der Waals surface area contributed by atoms with Crippen LogP contribution < -0.4 is 10.8 Å². The van der Waals surface area contributed by atoms with Gasteiger partial charge in [0, 0.05) is 13.0 Å². The number of carboxylic acids is 1. The second-order valence-corrected chi connectivity index (χ2v) is 5.40. The summed E-state index contributed by atoms with van der Waals surface area (Å²) in [7, 11) is 0. The van der Waals surface area contributed by atoms with Crippen molar-refractivity contribution in [1.82, 2.24) is 0 Å². The van der Waals surface area contributed by atoms with Crippen LogP contribution in [0.15, 0.2) is 29.5 Å². The van der Waals surface area contributed by atoms with Crippen LogP contribution >= 0.6 is 0 Å². The molecule has 0 aromatic carbocycles. The summed E-state index contributed by atoms with van der Waals surface area (Å²) in [5.74, 6) is -0.166. The molecule has 0 aromatic heterocycles. The maximum atomic E-state index is 11.0. The SMILES string of the molecule is CC/C=C/CCCCCC1=NC=C[N+]1(CCN)CC(=O)[O-]. The van der Waals surface area contributed by atoms with Crippen molar-refractivity contribution < 1.29 is 14.4 Å². The fraction of sp³-hybridized carbons (Fsp3) is 0.625. The number of amidine groups is 1. The van der Waals surface area contributed by atoms with Gasteiger partial charge in [-0.15, -0.1) is 0 Å². The Bertz CT molecular complexity index is 416. The fourth-order valence-electron chi connectivity index (χ4n) is 2.63. The standard InChI is InChI=1S/C16H27N3O2/c1-2-3-4-5-6-7-8-9-15-18-11-13-19(15,12-10-17)14-16(20)21/h3-4,11,13H,2,5-10,12,14,17H2,1H3/b4-3+. The number of carbonyl (C=O) groups is 1. The molecule has 1 atom stereocenters. The lowest BCUT2D eigenvalue weighted by Crippen LogP contribution is -2.55. The van der Waals surface area contributed by atoms with E-state index < -0.39 is 5.97 Å². The normalized spacial score (nSPS) is 21.1. The van der Waals surface area contributed by atoms with E-state index in [9.17, 15) is 9.90 Å². The minimum atomic E-state index is -1.06. The smallest absolute Gasteiger partial charge is 0.207 e. The number of allylic oxidation sites excluding steroid dienone is 2. The largest absolute Gasteiger partial charge is 0.544 e. The molecule has 5 nitrogen and oxygen atoms in total. The molecule has 0 aliphatic carbocycles. The second kappa shape index (κ2) is 9.47. The number of nitrogens with two attached hydrogens (primary N) is 1. The summed E-state index contributed by atoms with van der Waals surface area (Å²) in [5.41, 5.74) is 5.63. The Hall–Kier alpha value is -1.46. The molecule has 0 amide bonds. The van der Waals surface area contributed by atoms with E-state index in [-0.39, 0.29) is 11.0 Å². The van der Waals surface area contributed by atoms with Gasteiger partial charge in [-0.05, 0) is 25.7 Å². The van der Waals surface area contributed by atoms with Crippen molar-refractivity contribution in [3.63, 3.8) is 0 Å². The maximum Gasteiger partial charge on any atom is 0.207 e. The van der Waals surface area contributed by atoms with Crippen LogP contribution in [0.4, 0.5) is 0 Å². The zero-order chi connectivity index (χ0) is 15.6. The number of nitrogens with zero attached hydrogens (tertiary/aromatic N) is 2. The number of hydrogen-bond donors (Lipinski definition) is 1. The van der Waals surface area contributed by atoms with Gasteiger partial charge in [0.25, 0.3) is 0 Å². The number of unbranched alkanes of at least 4 members (excludes halogenated alkanes) is 3. The minimum absolute atomic E-state index is 0.0776. The van der Waals surface area contributed by atoms with Crippen molar-refractivity contribution in [3.05, 3.63) is 24.6 Å². The van der Waals surface area contributed by atoms with Crippen LogP contribution in [0.25, 0.3) is 0 Å². The van der Waals surface area contributed by atoms with E-state index in [1.165, 1.54) is 0 Å². The van der Waals surface area contributed by atoms with E-state index in [4.69, 9.17) is 5.73 Å². The first kappa shape index (κ1) is 17.6. The van der Waals surface area contributed by atoms with Gasteiger partial charge in [0.15, 0.2) is 0 Å². The molecule has 0 spiro atoms. The highest BCUT2D eigenvalue weighted by Gasteiger charge is 2.34. The van der Waals surface area contributed by atoms with Crippen LogP contribution in [0.1, 0.15) is 45.4 Å². The number of quaternary nitrogens is 1. The minimum Gasteiger partial charge on any atom is -0.544 e. The molecule has 1 unspecified atom stereocenters. The van der Waals surface area contributed by atoms with Crippen LogP contribution in [0, 0.1) is 0 Å². The average Bonchev–Trinajstić information content (AvgIpc) is 2.80. The lowest BCUT2D eigenvalue weighted by molar-refractivity contribution is -0.780. The molecule has 0 fully saturated rings. The number of hydrogen-bond acceptors (Lipinski definition) is 4. The number of carboxylic acid groups (broad SMARTS) is 1. The maximum absolute atomic E-state index is 11.0. The van der Waals surface area contributed by atoms with Crippen molar-refractivity contribution in [2.75, 3.05) is 19.6 Å². The van der Waals surface area contributed by atoms with Crippen LogP contribution in [-0.4, -0.2) is 35.9 Å². The Kier molecular flexibility index (Phi) is 7.93. The second-order valence-electron chi connectivity index (χ2n) is 5.40. The van der Waals surface area contributed by atoms with Crippen molar-refractivity contribution >= 4 is 11.8 Å². The average molecular weight is 293 g/mol. The van der Waals surface area contributed by atoms with E-state index >= 15 is 0 Å². The molecule has 0 bridgehead atoms. The quantitative estimate of drug-likeness (QED) is 0.354. The molecule has 0 saturated heterocycles. The van der Waals surface area contributed by atoms with E-state index in [0.717, 1.165) is 44.4 Å². The van der Waals surface area contributed by atoms with Gasteiger partial charge in [-0.1, -0.05) is 25.5 Å². The number of aliphatic imine (C=N–C) groups is 1. The summed E-state index contributed by atoms with van der Waals surface area (Å²) in [6, 6.07) is 0. The molecule has 1 rings (SSSR count). The molecule has 118 valence electrons. The van der Waals surface area contributed by atoms with Crippen molar-refractivity contribution in [3.8, 4) is 0 Å². The van der Waals surface area contributed by atoms with E-state index in [1.807, 2.05) is 6.20 Å². The summed E-state index contributed by atoms with van der Waals surface area (Å²) >= 11 is 0. The molecule has 1 aliphatic rings. The molecular weight excluding hydrogens is 266 g/mol. The monoisotopic (exact) mass is 293 g/mol. The topological polar surface area (TPSA) is 78.5 Å². The summed E-state index contributed by atoms with van der Waals surface area (Å²) < 4.78 is 0.231. The van der Waals surface area contributed by atoms with Gasteiger partial charge in [-0.2, -0.15) is 0 Å². The summed E-state index contributed by atoms with van der Waals surface area (Å²) in [4.78, 5) is 15.3. The molecule has 21 heavy (non-hydrogen) atoms. The highest BCUT2D eigenvalue weighted by molar-refractivity contribution is 5.80. The molecule has 1 heterocycles. The lowest BCUT2D eigenvalue weighted by atomic mass is 10.1. The number of aliphatic carboxylic acids is 1. The first-order valence-corrected chi connectivity index (χ1v) is 7.81. The van der Waals surface area contributed by atoms with Crippen molar-refractivity contribution in [2.45, 2.75) is 45.4 Å². The third-order valence-corrected chi connectivity index (χ3v) is 3.70. The lowest BCUT2D eigenvalue weighted by Gasteiger charge is -2.32. The van der Waals surface area contributed by atoms with Crippen molar-refractivity contribution in [2.24, 2.45) is 10.7 Å². The van der Waals surface area contributed by atoms with Gasteiger partial charge >= 0.3 is 0 Å². The molecular formula is C16H27N3O2. The van der Waals surface area contributed by atoms with Crippen LogP contribution in [0.2, 0.25) is 0 Å². The molecule has 0 radical (unpaired) electrons. The van der Waals surface area contributed by atoms with Gasteiger partial charge in [-0.25, -0.2) is 9.48 Å². The van der Waals surface area contributed by atoms with E-state index in [0.29, 0.717) is 13.1 Å². The summed E-state index contributed by atoms with van der Waals surface area (Å²) in [5, 5.41) is 11.0. The van der Waals surface area contributed by atoms with Crippen molar-refractivity contribution in [1.29, 1.82) is 0 Å². The molecule has 2 N–H and O–H groups in total. The van der Waals surface area contributed by atoms with Gasteiger partial charge in [0.05, 0.1) is 12.2 Å². The molecule has 5 heteroatoms. The Morgan fingerprint density at radius 1 is 1.38 bits per heavy atom. The van der Waals surface area contributed by atoms with Gasteiger partial charge in [-0.3, -0.25) is 0 Å². The molecule has 0 aromatic rings. The summed E-state index contributed by atoms with van der Waals surface area (Å²) in [6.07, 6.45) is 14.3. The first-order chi connectivity index (χ1) is 10.1. The zero-order valence-corrected chi connectivity index (χ0v) is 13.0. The Labute approximate surface area is 127 Å². The molecule has 1 aliphatic heterocycles. The third kappa shape index (κ3) is 5.81. The van der Waals surface area contributed by atoms with Crippen LogP contribution in [0.5, 0.6) is 0 Å². The number of rotatable bonds is 11. The van der Waals surface area contributed by atoms with E-state index in [1.54, 1.807) is 6.20 Å². The summed E-state index contributed by atoms with van der Waals surface area (Å²) in [6.45, 7) is 3.04. The van der Waals surface area contributed by atoms with Gasteiger partial charge in [0.1, 0.15) is 19.3 Å². The number of carbonyl (C=O) groups excluding carboxylic acids is 1. The van der Waals surface area contributed by atoms with E-state index in [2.05, 4.69) is 24.1 Å². The molecule has 0 saturated carbocycles.